The van der Waals surface area contributed by atoms with E-state index in [0.29, 0.717) is 24.7 Å². The molecule has 2 aromatic carbocycles. The van der Waals surface area contributed by atoms with Gasteiger partial charge in [-0.3, -0.25) is 0 Å². The van der Waals surface area contributed by atoms with Gasteiger partial charge in [-0.05, 0) is 53.5 Å². The maximum absolute atomic E-state index is 12.2. The topological polar surface area (TPSA) is 114 Å². The molecule has 0 saturated heterocycles. The molecule has 0 unspecified atom stereocenters. The highest BCUT2D eigenvalue weighted by molar-refractivity contribution is 7.89. The summed E-state index contributed by atoms with van der Waals surface area (Å²) in [6, 6.07) is 15.3. The van der Waals surface area contributed by atoms with Gasteiger partial charge in [0.1, 0.15) is 5.82 Å². The molecule has 0 atom stereocenters. The van der Waals surface area contributed by atoms with Crippen molar-refractivity contribution in [3.63, 3.8) is 0 Å². The molecule has 8 nitrogen and oxygen atoms in total. The highest BCUT2D eigenvalue weighted by Crippen LogP contribution is 2.29. The number of benzene rings is 2. The van der Waals surface area contributed by atoms with Crippen molar-refractivity contribution in [2.45, 2.75) is 20.0 Å². The van der Waals surface area contributed by atoms with Crippen LogP contribution in [0.4, 0.5) is 11.5 Å². The number of rotatable bonds is 7. The highest BCUT2D eigenvalue weighted by atomic mass is 32.2. The fourth-order valence-corrected chi connectivity index (χ4v) is 4.57. The number of sulfonamides is 1. The molecule has 0 amide bonds. The number of aromatic nitrogens is 2. The molecular formula is C23H24N6O2S. The zero-order valence-electron chi connectivity index (χ0n) is 17.7. The number of allylic oxidation sites excluding steroid dienone is 1. The van der Waals surface area contributed by atoms with Crippen LogP contribution in [0.3, 0.4) is 0 Å². The van der Waals surface area contributed by atoms with Crippen LogP contribution < -0.4 is 11.2 Å². The lowest BCUT2D eigenvalue weighted by Gasteiger charge is -2.13. The number of hydrogen-bond acceptors (Lipinski definition) is 7. The summed E-state index contributed by atoms with van der Waals surface area (Å²) in [7, 11) is -3.22. The molecule has 32 heavy (non-hydrogen) atoms. The van der Waals surface area contributed by atoms with Crippen molar-refractivity contribution >= 4 is 33.3 Å². The average molecular weight is 449 g/mol. The summed E-state index contributed by atoms with van der Waals surface area (Å²) in [6.07, 6.45) is 3.20. The van der Waals surface area contributed by atoms with Crippen LogP contribution in [-0.2, 0) is 23.1 Å². The standard InChI is InChI=1S/C23H24N6O2S/c1-3-32(30,31)29-14-19-5-4-18(12-20(19)15-29)23-25-11-10-22(28-23)27-21-8-6-17(7-9-21)16(2)13-26-24/h4-13H,2-3,14-15,24H2,1H3,(H,25,27,28)/b26-13-. The predicted molar refractivity (Wildman–Crippen MR) is 128 cm³/mol. The summed E-state index contributed by atoms with van der Waals surface area (Å²) in [5, 5.41) is 6.77. The van der Waals surface area contributed by atoms with Crippen molar-refractivity contribution in [3.05, 3.63) is 78.0 Å². The Kier molecular flexibility index (Phi) is 6.02. The molecule has 2 heterocycles. The Morgan fingerprint density at radius 2 is 1.94 bits per heavy atom. The van der Waals surface area contributed by atoms with Gasteiger partial charge in [-0.25, -0.2) is 18.4 Å². The quantitative estimate of drug-likeness (QED) is 0.325. The third kappa shape index (κ3) is 4.53. The molecule has 1 aliphatic rings. The van der Waals surface area contributed by atoms with E-state index in [2.05, 4.69) is 27.0 Å². The Labute approximate surface area is 187 Å². The van der Waals surface area contributed by atoms with E-state index in [1.165, 1.54) is 10.5 Å². The van der Waals surface area contributed by atoms with Crippen molar-refractivity contribution in [1.29, 1.82) is 0 Å². The van der Waals surface area contributed by atoms with Gasteiger partial charge >= 0.3 is 0 Å². The lowest BCUT2D eigenvalue weighted by atomic mass is 10.1. The minimum absolute atomic E-state index is 0.0976. The lowest BCUT2D eigenvalue weighted by Crippen LogP contribution is -2.26. The normalized spacial score (nSPS) is 13.9. The van der Waals surface area contributed by atoms with E-state index in [4.69, 9.17) is 5.84 Å². The van der Waals surface area contributed by atoms with Gasteiger partial charge < -0.3 is 11.2 Å². The van der Waals surface area contributed by atoms with Crippen molar-refractivity contribution in [3.8, 4) is 11.4 Å². The molecule has 3 aromatic rings. The van der Waals surface area contributed by atoms with E-state index in [1.54, 1.807) is 19.2 Å². The van der Waals surface area contributed by atoms with Gasteiger partial charge in [0.15, 0.2) is 5.82 Å². The van der Waals surface area contributed by atoms with E-state index < -0.39 is 10.0 Å². The zero-order valence-corrected chi connectivity index (χ0v) is 18.5. The Morgan fingerprint density at radius 1 is 1.19 bits per heavy atom. The van der Waals surface area contributed by atoms with Crippen molar-refractivity contribution in [2.75, 3.05) is 11.1 Å². The zero-order chi connectivity index (χ0) is 22.7. The second-order valence-corrected chi connectivity index (χ2v) is 9.68. The number of anilines is 2. The van der Waals surface area contributed by atoms with Crippen LogP contribution in [-0.4, -0.2) is 34.7 Å². The molecule has 0 saturated carbocycles. The number of nitrogens with one attached hydrogen (secondary N) is 1. The Hall–Kier alpha value is -3.56. The molecule has 1 aromatic heterocycles. The van der Waals surface area contributed by atoms with Gasteiger partial charge in [-0.15, -0.1) is 0 Å². The van der Waals surface area contributed by atoms with E-state index in [9.17, 15) is 8.42 Å². The van der Waals surface area contributed by atoms with E-state index in [1.807, 2.05) is 42.5 Å². The Balaban J connectivity index is 1.52. The van der Waals surface area contributed by atoms with Gasteiger partial charge in [0.25, 0.3) is 0 Å². The van der Waals surface area contributed by atoms with Gasteiger partial charge in [0.2, 0.25) is 10.0 Å². The smallest absolute Gasteiger partial charge is 0.214 e. The average Bonchev–Trinajstić information content (AvgIpc) is 3.24. The van der Waals surface area contributed by atoms with Gasteiger partial charge in [-0.2, -0.15) is 9.41 Å². The first kappa shape index (κ1) is 21.7. The minimum atomic E-state index is -3.22. The molecule has 0 aliphatic carbocycles. The fraction of sp³-hybridized carbons (Fsp3) is 0.174. The molecule has 3 N–H and O–H groups in total. The number of hydrazone groups is 1. The second-order valence-electron chi connectivity index (χ2n) is 7.42. The van der Waals surface area contributed by atoms with Crippen molar-refractivity contribution in [2.24, 2.45) is 10.9 Å². The molecule has 4 rings (SSSR count). The molecule has 0 fully saturated rings. The Bertz CT molecular complexity index is 1290. The molecule has 9 heteroatoms. The van der Waals surface area contributed by atoms with Crippen LogP contribution in [0.1, 0.15) is 23.6 Å². The van der Waals surface area contributed by atoms with Crippen LogP contribution in [0.25, 0.3) is 17.0 Å². The van der Waals surface area contributed by atoms with Crippen LogP contribution in [0.15, 0.2) is 66.4 Å². The SMILES string of the molecule is C=C(/C=N\N)c1ccc(Nc2ccnc(-c3ccc4c(c3)CN(S(=O)(=O)CC)C4)n2)cc1. The molecule has 0 bridgehead atoms. The first-order valence-electron chi connectivity index (χ1n) is 10.1. The first-order chi connectivity index (χ1) is 15.4. The van der Waals surface area contributed by atoms with Gasteiger partial charge in [0, 0.05) is 30.5 Å². The number of nitrogens with zero attached hydrogens (tertiary/aromatic N) is 4. The van der Waals surface area contributed by atoms with Gasteiger partial charge in [-0.1, -0.05) is 30.8 Å². The Morgan fingerprint density at radius 3 is 2.66 bits per heavy atom. The van der Waals surface area contributed by atoms with E-state index >= 15 is 0 Å². The summed E-state index contributed by atoms with van der Waals surface area (Å²) in [6.45, 7) is 6.36. The van der Waals surface area contributed by atoms with Crippen molar-refractivity contribution in [1.82, 2.24) is 14.3 Å². The third-order valence-corrected chi connectivity index (χ3v) is 7.10. The van der Waals surface area contributed by atoms with Crippen LogP contribution in [0, 0.1) is 0 Å². The second kappa shape index (κ2) is 8.89. The van der Waals surface area contributed by atoms with Crippen LogP contribution in [0.5, 0.6) is 0 Å². The fourth-order valence-electron chi connectivity index (χ4n) is 3.53. The van der Waals surface area contributed by atoms with Crippen LogP contribution >= 0.6 is 0 Å². The monoisotopic (exact) mass is 448 g/mol. The maximum atomic E-state index is 12.2. The summed E-state index contributed by atoms with van der Waals surface area (Å²) >= 11 is 0. The first-order valence-corrected chi connectivity index (χ1v) is 11.7. The largest absolute Gasteiger partial charge is 0.340 e. The predicted octanol–water partition coefficient (Wildman–Crippen LogP) is 3.51. The van der Waals surface area contributed by atoms with Crippen LogP contribution in [0.2, 0.25) is 0 Å². The molecule has 164 valence electrons. The minimum Gasteiger partial charge on any atom is -0.340 e. The van der Waals surface area contributed by atoms with Gasteiger partial charge in [0.05, 0.1) is 12.0 Å². The third-order valence-electron chi connectivity index (χ3n) is 5.33. The summed E-state index contributed by atoms with van der Waals surface area (Å²) in [5.41, 5.74) is 5.36. The number of fused-ring (bicyclic) bond motifs is 1. The summed E-state index contributed by atoms with van der Waals surface area (Å²) in [4.78, 5) is 9.02. The van der Waals surface area contributed by atoms with Crippen molar-refractivity contribution < 1.29 is 8.42 Å². The molecular weight excluding hydrogens is 424 g/mol. The van der Waals surface area contributed by atoms with E-state index in [-0.39, 0.29) is 5.75 Å². The summed E-state index contributed by atoms with van der Waals surface area (Å²) in [5.74, 6) is 6.50. The molecule has 0 radical (unpaired) electrons. The molecule has 0 spiro atoms. The number of nitrogens with two attached hydrogens (primary N) is 1. The van der Waals surface area contributed by atoms with E-state index in [0.717, 1.165) is 33.5 Å². The highest BCUT2D eigenvalue weighted by Gasteiger charge is 2.28. The summed E-state index contributed by atoms with van der Waals surface area (Å²) < 4.78 is 25.9. The number of hydrogen-bond donors (Lipinski definition) is 2. The maximum Gasteiger partial charge on any atom is 0.214 e. The molecule has 1 aliphatic heterocycles. The lowest BCUT2D eigenvalue weighted by molar-refractivity contribution is 0.432.